The second-order valence-corrected chi connectivity index (χ2v) is 13.4. The summed E-state index contributed by atoms with van der Waals surface area (Å²) in [6, 6.07) is 73.5. The summed E-state index contributed by atoms with van der Waals surface area (Å²) in [5.74, 6) is 0. The summed E-state index contributed by atoms with van der Waals surface area (Å²) in [5, 5.41) is 0. The van der Waals surface area contributed by atoms with Crippen LogP contribution in [0.1, 0.15) is 0 Å². The van der Waals surface area contributed by atoms with Gasteiger partial charge in [-0.25, -0.2) is 0 Å². The SMILES string of the molecule is c1ccc(-c2cc(-c3ccccc3-c3ccc(-c4ccccn4)cc3)cc(-c3ccccc3-c3ccc(-c4ccccn4)cc3-c3ccccc3)c2)cc1. The van der Waals surface area contributed by atoms with Crippen molar-refractivity contribution < 1.29 is 0 Å². The topological polar surface area (TPSA) is 25.8 Å². The van der Waals surface area contributed by atoms with Gasteiger partial charge < -0.3 is 0 Å². The van der Waals surface area contributed by atoms with E-state index >= 15 is 0 Å². The first-order valence-corrected chi connectivity index (χ1v) is 18.3. The maximum absolute atomic E-state index is 4.67. The van der Waals surface area contributed by atoms with Crippen LogP contribution in [0.3, 0.4) is 0 Å². The van der Waals surface area contributed by atoms with Gasteiger partial charge in [0.25, 0.3) is 0 Å². The maximum atomic E-state index is 4.67. The fourth-order valence-electron chi connectivity index (χ4n) is 7.37. The molecule has 2 aromatic heterocycles. The molecule has 2 heteroatoms. The van der Waals surface area contributed by atoms with Gasteiger partial charge in [0.2, 0.25) is 0 Å². The van der Waals surface area contributed by atoms with Crippen LogP contribution in [0.4, 0.5) is 0 Å². The smallest absolute Gasteiger partial charge is 0.0702 e. The molecular formula is C52H36N2. The highest BCUT2D eigenvalue weighted by atomic mass is 14.7. The van der Waals surface area contributed by atoms with Gasteiger partial charge in [-0.05, 0) is 115 Å². The fraction of sp³-hybridized carbons (Fsp3) is 0. The van der Waals surface area contributed by atoms with Crippen LogP contribution in [-0.2, 0) is 0 Å². The Balaban J connectivity index is 1.21. The van der Waals surface area contributed by atoms with E-state index in [0.717, 1.165) is 33.6 Å². The minimum Gasteiger partial charge on any atom is -0.256 e. The average molecular weight is 689 g/mol. The number of hydrogen-bond acceptors (Lipinski definition) is 2. The van der Waals surface area contributed by atoms with Crippen LogP contribution in [0.5, 0.6) is 0 Å². The van der Waals surface area contributed by atoms with Crippen LogP contribution in [-0.4, -0.2) is 9.97 Å². The predicted molar refractivity (Wildman–Crippen MR) is 226 cm³/mol. The summed E-state index contributed by atoms with van der Waals surface area (Å²) in [5.41, 5.74) is 18.2. The van der Waals surface area contributed by atoms with Crippen LogP contribution in [0.2, 0.25) is 0 Å². The maximum Gasteiger partial charge on any atom is 0.0702 e. The molecule has 0 aliphatic carbocycles. The zero-order valence-electron chi connectivity index (χ0n) is 29.7. The number of rotatable bonds is 8. The summed E-state index contributed by atoms with van der Waals surface area (Å²) >= 11 is 0. The number of nitrogens with zero attached hydrogens (tertiary/aromatic N) is 2. The molecule has 254 valence electrons. The summed E-state index contributed by atoms with van der Waals surface area (Å²) in [6.07, 6.45) is 3.70. The Morgan fingerprint density at radius 2 is 0.611 bits per heavy atom. The largest absolute Gasteiger partial charge is 0.256 e. The summed E-state index contributed by atoms with van der Waals surface area (Å²) in [7, 11) is 0. The third-order valence-corrected chi connectivity index (χ3v) is 10.0. The molecule has 0 saturated carbocycles. The standard InChI is InChI=1S/C52H36N2/c1-3-15-37(16-4-1)42-33-43(46-20-8-7-19-45(46)39-25-27-40(28-26-39)51-23-11-13-31-53-51)35-44(34-42)47-21-9-10-22-48(47)49-30-29-41(52-24-12-14-32-54-52)36-50(49)38-17-5-2-6-18-38/h1-36H. The van der Waals surface area contributed by atoms with Crippen molar-refractivity contribution in [1.29, 1.82) is 0 Å². The highest BCUT2D eigenvalue weighted by Crippen LogP contribution is 2.43. The first-order chi connectivity index (χ1) is 26.8. The lowest BCUT2D eigenvalue weighted by Gasteiger charge is -2.18. The van der Waals surface area contributed by atoms with Gasteiger partial charge in [0.15, 0.2) is 0 Å². The summed E-state index contributed by atoms with van der Waals surface area (Å²) < 4.78 is 0. The lowest BCUT2D eigenvalue weighted by atomic mass is 9.85. The molecule has 9 rings (SSSR count). The molecule has 0 amide bonds. The van der Waals surface area contributed by atoms with Gasteiger partial charge in [-0.15, -0.1) is 0 Å². The molecule has 54 heavy (non-hydrogen) atoms. The Kier molecular flexibility index (Phi) is 8.99. The van der Waals surface area contributed by atoms with Crippen LogP contribution in [0, 0.1) is 0 Å². The fourth-order valence-corrected chi connectivity index (χ4v) is 7.37. The highest BCUT2D eigenvalue weighted by molar-refractivity contribution is 5.96. The molecule has 0 saturated heterocycles. The molecule has 2 heterocycles. The molecule has 2 nitrogen and oxygen atoms in total. The van der Waals surface area contributed by atoms with Crippen molar-refractivity contribution in [2.45, 2.75) is 0 Å². The minimum atomic E-state index is 0.958. The Hall–Kier alpha value is -7.16. The van der Waals surface area contributed by atoms with E-state index in [-0.39, 0.29) is 0 Å². The van der Waals surface area contributed by atoms with E-state index < -0.39 is 0 Å². The first kappa shape index (κ1) is 32.7. The van der Waals surface area contributed by atoms with Crippen LogP contribution >= 0.6 is 0 Å². The third-order valence-electron chi connectivity index (χ3n) is 10.0. The van der Waals surface area contributed by atoms with Gasteiger partial charge >= 0.3 is 0 Å². The number of hydrogen-bond donors (Lipinski definition) is 0. The zero-order chi connectivity index (χ0) is 36.1. The third kappa shape index (κ3) is 6.65. The van der Waals surface area contributed by atoms with E-state index in [0.29, 0.717) is 0 Å². The van der Waals surface area contributed by atoms with Gasteiger partial charge in [0.05, 0.1) is 11.4 Å². The molecule has 0 aliphatic rings. The molecule has 0 radical (unpaired) electrons. The second kappa shape index (κ2) is 14.8. The highest BCUT2D eigenvalue weighted by Gasteiger charge is 2.17. The summed E-state index contributed by atoms with van der Waals surface area (Å²) in [4.78, 5) is 9.23. The molecule has 0 unspecified atom stereocenters. The van der Waals surface area contributed by atoms with Crippen molar-refractivity contribution in [2.75, 3.05) is 0 Å². The molecular weight excluding hydrogens is 653 g/mol. The molecule has 0 bridgehead atoms. The Bertz CT molecular complexity index is 2670. The van der Waals surface area contributed by atoms with Crippen LogP contribution in [0.25, 0.3) is 89.3 Å². The van der Waals surface area contributed by atoms with Crippen molar-refractivity contribution in [3.05, 3.63) is 219 Å². The number of pyridine rings is 2. The zero-order valence-corrected chi connectivity index (χ0v) is 29.7. The van der Waals surface area contributed by atoms with Crippen molar-refractivity contribution in [2.24, 2.45) is 0 Å². The molecule has 0 aliphatic heterocycles. The normalized spacial score (nSPS) is 11.0. The van der Waals surface area contributed by atoms with E-state index in [1.165, 1.54) is 55.6 Å². The van der Waals surface area contributed by atoms with Gasteiger partial charge in [-0.2, -0.15) is 0 Å². The first-order valence-electron chi connectivity index (χ1n) is 18.3. The second-order valence-electron chi connectivity index (χ2n) is 13.4. The molecule has 7 aromatic carbocycles. The Labute approximate surface area is 316 Å². The van der Waals surface area contributed by atoms with Gasteiger partial charge in [-0.1, -0.05) is 158 Å². The van der Waals surface area contributed by atoms with Crippen molar-refractivity contribution in [3.63, 3.8) is 0 Å². The van der Waals surface area contributed by atoms with E-state index in [1.54, 1.807) is 0 Å². The molecule has 0 N–H and O–H groups in total. The molecule has 9 aromatic rings. The molecule has 0 fully saturated rings. The van der Waals surface area contributed by atoms with E-state index in [9.17, 15) is 0 Å². The van der Waals surface area contributed by atoms with Crippen molar-refractivity contribution in [3.8, 4) is 89.3 Å². The minimum absolute atomic E-state index is 0.958. The number of benzene rings is 7. The molecule has 0 atom stereocenters. The number of aromatic nitrogens is 2. The monoisotopic (exact) mass is 688 g/mol. The quantitative estimate of drug-likeness (QED) is 0.159. The average Bonchev–Trinajstić information content (AvgIpc) is 3.27. The van der Waals surface area contributed by atoms with E-state index in [2.05, 4.69) is 192 Å². The lowest BCUT2D eigenvalue weighted by Crippen LogP contribution is -1.93. The van der Waals surface area contributed by atoms with Crippen molar-refractivity contribution in [1.82, 2.24) is 9.97 Å². The van der Waals surface area contributed by atoms with Gasteiger partial charge in [0.1, 0.15) is 0 Å². The predicted octanol–water partition coefficient (Wildman–Crippen LogP) is 13.8. The Morgan fingerprint density at radius 1 is 0.204 bits per heavy atom. The Morgan fingerprint density at radius 3 is 1.20 bits per heavy atom. The van der Waals surface area contributed by atoms with E-state index in [4.69, 9.17) is 0 Å². The van der Waals surface area contributed by atoms with E-state index in [1.807, 2.05) is 36.7 Å². The lowest BCUT2D eigenvalue weighted by molar-refractivity contribution is 1.33. The van der Waals surface area contributed by atoms with Gasteiger partial charge in [0, 0.05) is 23.5 Å². The van der Waals surface area contributed by atoms with Crippen LogP contribution in [0.15, 0.2) is 219 Å². The van der Waals surface area contributed by atoms with Crippen molar-refractivity contribution >= 4 is 0 Å². The van der Waals surface area contributed by atoms with Crippen LogP contribution < -0.4 is 0 Å². The van der Waals surface area contributed by atoms with Gasteiger partial charge in [-0.3, -0.25) is 9.97 Å². The molecule has 0 spiro atoms. The summed E-state index contributed by atoms with van der Waals surface area (Å²) in [6.45, 7) is 0.